The summed E-state index contributed by atoms with van der Waals surface area (Å²) in [5, 5.41) is 8.34. The molecule has 0 spiro atoms. The van der Waals surface area contributed by atoms with Crippen LogP contribution < -0.4 is 4.90 Å². The molecule has 0 amide bonds. The van der Waals surface area contributed by atoms with Crippen molar-refractivity contribution in [1.82, 2.24) is 10.2 Å². The lowest BCUT2D eigenvalue weighted by Gasteiger charge is -2.22. The Morgan fingerprint density at radius 1 is 1.47 bits per heavy atom. The number of nitrogens with zero attached hydrogens (tertiary/aromatic N) is 3. The normalized spacial score (nSPS) is 22.5. The maximum absolute atomic E-state index is 5.69. The summed E-state index contributed by atoms with van der Waals surface area (Å²) < 4.78 is 5.56. The third-order valence-electron chi connectivity index (χ3n) is 2.39. The summed E-state index contributed by atoms with van der Waals surface area (Å²) in [5.41, 5.74) is 0. The minimum Gasteiger partial charge on any atom is -0.377 e. The average molecular weight is 228 g/mol. The molecule has 1 aliphatic rings. The molecule has 0 radical (unpaired) electrons. The van der Waals surface area contributed by atoms with Crippen LogP contribution in [0.3, 0.4) is 0 Å². The molecule has 1 aliphatic heterocycles. The van der Waals surface area contributed by atoms with Gasteiger partial charge in [0.25, 0.3) is 0 Å². The Labute approximate surface area is 94.2 Å². The molecular formula is C10H14ClN3O. The number of aromatic nitrogens is 2. The van der Waals surface area contributed by atoms with E-state index in [1.807, 2.05) is 6.07 Å². The van der Waals surface area contributed by atoms with E-state index in [1.165, 1.54) is 0 Å². The van der Waals surface area contributed by atoms with Crippen LogP contribution in [0, 0.1) is 0 Å². The molecule has 0 aromatic carbocycles. The van der Waals surface area contributed by atoms with E-state index in [0.717, 1.165) is 31.9 Å². The summed E-state index contributed by atoms with van der Waals surface area (Å²) in [6.45, 7) is 4.71. The zero-order valence-corrected chi connectivity index (χ0v) is 9.44. The van der Waals surface area contributed by atoms with Crippen molar-refractivity contribution >= 4 is 17.4 Å². The fourth-order valence-electron chi connectivity index (χ4n) is 1.68. The van der Waals surface area contributed by atoms with Gasteiger partial charge in [-0.15, -0.1) is 10.2 Å². The van der Waals surface area contributed by atoms with Gasteiger partial charge >= 0.3 is 0 Å². The molecule has 0 bridgehead atoms. The van der Waals surface area contributed by atoms with Crippen LogP contribution in [0.25, 0.3) is 0 Å². The van der Waals surface area contributed by atoms with E-state index in [-0.39, 0.29) is 6.10 Å². The van der Waals surface area contributed by atoms with Crippen LogP contribution in [0.5, 0.6) is 0 Å². The van der Waals surface area contributed by atoms with Gasteiger partial charge in [-0.05, 0) is 25.5 Å². The highest BCUT2D eigenvalue weighted by molar-refractivity contribution is 6.29. The van der Waals surface area contributed by atoms with Crippen molar-refractivity contribution in [1.29, 1.82) is 0 Å². The summed E-state index contributed by atoms with van der Waals surface area (Å²) in [7, 11) is 0. The van der Waals surface area contributed by atoms with Crippen molar-refractivity contribution in [3.8, 4) is 0 Å². The Kier molecular flexibility index (Phi) is 3.38. The minimum atomic E-state index is 0.241. The lowest BCUT2D eigenvalue weighted by atomic mass is 10.3. The molecule has 0 saturated carbocycles. The SMILES string of the molecule is CC1CN(c2ccc(Cl)nn2)CCCO1. The first-order valence-corrected chi connectivity index (χ1v) is 5.49. The van der Waals surface area contributed by atoms with Crippen LogP contribution >= 0.6 is 11.6 Å². The van der Waals surface area contributed by atoms with Gasteiger partial charge in [0.05, 0.1) is 6.10 Å². The van der Waals surface area contributed by atoms with Crippen molar-refractivity contribution in [2.24, 2.45) is 0 Å². The first-order chi connectivity index (χ1) is 7.25. The molecular weight excluding hydrogens is 214 g/mol. The number of ether oxygens (including phenoxy) is 1. The molecule has 1 atom stereocenters. The lowest BCUT2D eigenvalue weighted by Crippen LogP contribution is -2.30. The molecule has 0 N–H and O–H groups in total. The van der Waals surface area contributed by atoms with Crippen LogP contribution in [-0.4, -0.2) is 36.0 Å². The number of anilines is 1. The summed E-state index contributed by atoms with van der Waals surface area (Å²) in [6, 6.07) is 3.66. The second-order valence-electron chi connectivity index (χ2n) is 3.70. The molecule has 4 nitrogen and oxygen atoms in total. The topological polar surface area (TPSA) is 38.2 Å². The van der Waals surface area contributed by atoms with Crippen LogP contribution in [0.4, 0.5) is 5.82 Å². The Hall–Kier alpha value is -0.870. The van der Waals surface area contributed by atoms with Crippen LogP contribution in [0.1, 0.15) is 13.3 Å². The molecule has 1 unspecified atom stereocenters. The first kappa shape index (κ1) is 10.6. The number of rotatable bonds is 1. The molecule has 0 aliphatic carbocycles. The van der Waals surface area contributed by atoms with Crippen molar-refractivity contribution in [3.63, 3.8) is 0 Å². The standard InChI is InChI=1S/C10H14ClN3O/c1-8-7-14(5-2-6-15-8)10-4-3-9(11)12-13-10/h3-4,8H,2,5-7H2,1H3. The van der Waals surface area contributed by atoms with E-state index in [1.54, 1.807) is 6.07 Å². The van der Waals surface area contributed by atoms with Crippen LogP contribution in [0.15, 0.2) is 12.1 Å². The summed E-state index contributed by atoms with van der Waals surface area (Å²) in [6.07, 6.45) is 1.26. The fourth-order valence-corrected chi connectivity index (χ4v) is 1.78. The average Bonchev–Trinajstić information content (AvgIpc) is 2.44. The molecule has 1 saturated heterocycles. The predicted molar refractivity (Wildman–Crippen MR) is 59.3 cm³/mol. The highest BCUT2D eigenvalue weighted by Crippen LogP contribution is 2.15. The highest BCUT2D eigenvalue weighted by Gasteiger charge is 2.16. The van der Waals surface area contributed by atoms with E-state index in [0.29, 0.717) is 5.15 Å². The predicted octanol–water partition coefficient (Wildman–Crippen LogP) is 1.75. The van der Waals surface area contributed by atoms with Gasteiger partial charge < -0.3 is 9.64 Å². The van der Waals surface area contributed by atoms with E-state index in [4.69, 9.17) is 16.3 Å². The van der Waals surface area contributed by atoms with Gasteiger partial charge in [-0.3, -0.25) is 0 Å². The summed E-state index contributed by atoms with van der Waals surface area (Å²) >= 11 is 5.69. The zero-order valence-electron chi connectivity index (χ0n) is 8.69. The molecule has 2 heterocycles. The first-order valence-electron chi connectivity index (χ1n) is 5.11. The van der Waals surface area contributed by atoms with Crippen molar-refractivity contribution < 1.29 is 4.74 Å². The van der Waals surface area contributed by atoms with Crippen LogP contribution in [0.2, 0.25) is 5.15 Å². The van der Waals surface area contributed by atoms with E-state index in [2.05, 4.69) is 22.0 Å². The Morgan fingerprint density at radius 3 is 3.07 bits per heavy atom. The molecule has 15 heavy (non-hydrogen) atoms. The fraction of sp³-hybridized carbons (Fsp3) is 0.600. The number of halogens is 1. The molecule has 1 aromatic heterocycles. The van der Waals surface area contributed by atoms with E-state index in [9.17, 15) is 0 Å². The monoisotopic (exact) mass is 227 g/mol. The zero-order chi connectivity index (χ0) is 10.7. The Bertz CT molecular complexity index is 317. The molecule has 5 heteroatoms. The van der Waals surface area contributed by atoms with Crippen molar-refractivity contribution in [2.45, 2.75) is 19.4 Å². The molecule has 82 valence electrons. The number of hydrogen-bond donors (Lipinski definition) is 0. The second kappa shape index (κ2) is 4.77. The molecule has 2 rings (SSSR count). The Balaban J connectivity index is 2.11. The largest absolute Gasteiger partial charge is 0.377 e. The maximum atomic E-state index is 5.69. The number of hydrogen-bond acceptors (Lipinski definition) is 4. The van der Waals surface area contributed by atoms with Gasteiger partial charge in [0, 0.05) is 19.7 Å². The highest BCUT2D eigenvalue weighted by atomic mass is 35.5. The van der Waals surface area contributed by atoms with Gasteiger partial charge in [0.1, 0.15) is 0 Å². The minimum absolute atomic E-state index is 0.241. The van der Waals surface area contributed by atoms with Gasteiger partial charge in [0.15, 0.2) is 11.0 Å². The lowest BCUT2D eigenvalue weighted by molar-refractivity contribution is 0.0820. The van der Waals surface area contributed by atoms with Crippen molar-refractivity contribution in [2.75, 3.05) is 24.6 Å². The van der Waals surface area contributed by atoms with Gasteiger partial charge in [0.2, 0.25) is 0 Å². The maximum Gasteiger partial charge on any atom is 0.151 e. The van der Waals surface area contributed by atoms with Crippen molar-refractivity contribution in [3.05, 3.63) is 17.3 Å². The Morgan fingerprint density at radius 2 is 2.33 bits per heavy atom. The van der Waals surface area contributed by atoms with E-state index < -0.39 is 0 Å². The van der Waals surface area contributed by atoms with Gasteiger partial charge in [-0.1, -0.05) is 11.6 Å². The quantitative estimate of drug-likeness (QED) is 0.733. The van der Waals surface area contributed by atoms with Crippen LogP contribution in [-0.2, 0) is 4.74 Å². The van der Waals surface area contributed by atoms with E-state index >= 15 is 0 Å². The molecule has 1 aromatic rings. The third-order valence-corrected chi connectivity index (χ3v) is 2.60. The summed E-state index contributed by atoms with van der Waals surface area (Å²) in [4.78, 5) is 2.18. The van der Waals surface area contributed by atoms with Gasteiger partial charge in [-0.2, -0.15) is 0 Å². The molecule has 1 fully saturated rings. The summed E-state index contributed by atoms with van der Waals surface area (Å²) in [5.74, 6) is 0.872. The third kappa shape index (κ3) is 2.79. The second-order valence-corrected chi connectivity index (χ2v) is 4.08. The van der Waals surface area contributed by atoms with Gasteiger partial charge in [-0.25, -0.2) is 0 Å². The smallest absolute Gasteiger partial charge is 0.151 e.